The number of carbonyl (C=O) groups is 1. The molecule has 0 saturated carbocycles. The highest BCUT2D eigenvalue weighted by molar-refractivity contribution is 6.30. The van der Waals surface area contributed by atoms with Crippen LogP contribution < -0.4 is 0 Å². The van der Waals surface area contributed by atoms with E-state index >= 15 is 0 Å². The van der Waals surface area contributed by atoms with Crippen LogP contribution in [0.25, 0.3) is 11.5 Å². The zero-order valence-corrected chi connectivity index (χ0v) is 15.7. The molecule has 2 unspecified atom stereocenters. The van der Waals surface area contributed by atoms with Gasteiger partial charge in [0.2, 0.25) is 11.7 Å². The summed E-state index contributed by atoms with van der Waals surface area (Å²) >= 11 is 5.94. The van der Waals surface area contributed by atoms with E-state index in [1.807, 2.05) is 4.90 Å². The van der Waals surface area contributed by atoms with Gasteiger partial charge in [0.25, 0.3) is 5.91 Å². The zero-order chi connectivity index (χ0) is 19.3. The molecule has 2 atom stereocenters. The van der Waals surface area contributed by atoms with E-state index in [9.17, 15) is 9.18 Å². The molecule has 1 amide bonds. The number of aromatic nitrogens is 3. The lowest BCUT2D eigenvalue weighted by Crippen LogP contribution is -2.45. The number of rotatable bonds is 2. The van der Waals surface area contributed by atoms with Crippen molar-refractivity contribution in [2.24, 2.45) is 0 Å². The smallest absolute Gasteiger partial charge is 0.254 e. The van der Waals surface area contributed by atoms with Crippen molar-refractivity contribution >= 4 is 17.5 Å². The van der Waals surface area contributed by atoms with Gasteiger partial charge in [0.15, 0.2) is 0 Å². The Morgan fingerprint density at radius 2 is 2.14 bits per heavy atom. The van der Waals surface area contributed by atoms with Crippen LogP contribution in [0.5, 0.6) is 0 Å². The summed E-state index contributed by atoms with van der Waals surface area (Å²) in [7, 11) is 0. The van der Waals surface area contributed by atoms with Crippen LogP contribution in [-0.2, 0) is 6.42 Å². The van der Waals surface area contributed by atoms with Gasteiger partial charge in [-0.3, -0.25) is 4.79 Å². The highest BCUT2D eigenvalue weighted by Gasteiger charge is 2.37. The van der Waals surface area contributed by atoms with Gasteiger partial charge in [-0.25, -0.2) is 4.39 Å². The van der Waals surface area contributed by atoms with Crippen molar-refractivity contribution in [3.05, 3.63) is 58.3 Å². The fourth-order valence-corrected chi connectivity index (χ4v) is 4.40. The van der Waals surface area contributed by atoms with E-state index in [0.717, 1.165) is 24.8 Å². The molecular weight excluding hydrogens is 383 g/mol. The average Bonchev–Trinajstić information content (AvgIpc) is 3.32. The predicted octanol–water partition coefficient (Wildman–Crippen LogP) is 4.19. The standard InChI is InChI=1S/C20H18ClFN4O2/c21-13-8-17(23-9-13)18-24-19(28-25-18)12-2-5-15-4-1-11-7-14(22)3-6-16(11)20(27)26(15)10-12/h3,6-9,12,15,23H,1-2,4-5,10H2. The number of H-pyrrole nitrogens is 1. The number of aryl methyl sites for hydroxylation is 1. The van der Waals surface area contributed by atoms with E-state index in [1.165, 1.54) is 12.1 Å². The van der Waals surface area contributed by atoms with E-state index in [4.69, 9.17) is 16.1 Å². The molecule has 0 spiro atoms. The molecule has 2 aliphatic heterocycles. The quantitative estimate of drug-likeness (QED) is 0.699. The molecule has 4 heterocycles. The molecule has 1 N–H and O–H groups in total. The Morgan fingerprint density at radius 1 is 1.25 bits per heavy atom. The first kappa shape index (κ1) is 17.4. The van der Waals surface area contributed by atoms with Crippen LogP contribution in [0.1, 0.15) is 47.0 Å². The molecule has 1 saturated heterocycles. The lowest BCUT2D eigenvalue weighted by Gasteiger charge is -2.37. The Labute approximate surface area is 165 Å². The van der Waals surface area contributed by atoms with Gasteiger partial charge >= 0.3 is 0 Å². The molecule has 2 aromatic heterocycles. The Morgan fingerprint density at radius 3 is 2.96 bits per heavy atom. The molecule has 0 radical (unpaired) electrons. The first-order valence-electron chi connectivity index (χ1n) is 9.36. The minimum Gasteiger partial charge on any atom is -0.357 e. The average molecular weight is 401 g/mol. The van der Waals surface area contributed by atoms with Crippen molar-refractivity contribution in [3.63, 3.8) is 0 Å². The number of nitrogens with one attached hydrogen (secondary N) is 1. The van der Waals surface area contributed by atoms with Crippen LogP contribution in [0, 0.1) is 5.82 Å². The topological polar surface area (TPSA) is 75.0 Å². The lowest BCUT2D eigenvalue weighted by molar-refractivity contribution is 0.0570. The summed E-state index contributed by atoms with van der Waals surface area (Å²) in [6.07, 6.45) is 4.94. The fraction of sp³-hybridized carbons (Fsp3) is 0.350. The number of hydrogen-bond donors (Lipinski definition) is 1. The van der Waals surface area contributed by atoms with Gasteiger partial charge in [0.1, 0.15) is 5.82 Å². The van der Waals surface area contributed by atoms with Crippen LogP contribution in [0.4, 0.5) is 4.39 Å². The highest BCUT2D eigenvalue weighted by Crippen LogP contribution is 2.35. The number of fused-ring (bicyclic) bond motifs is 2. The van der Waals surface area contributed by atoms with Gasteiger partial charge in [0.05, 0.1) is 16.6 Å². The van der Waals surface area contributed by atoms with Crippen molar-refractivity contribution in [1.29, 1.82) is 0 Å². The van der Waals surface area contributed by atoms with E-state index in [1.54, 1.807) is 18.3 Å². The van der Waals surface area contributed by atoms with E-state index in [0.29, 0.717) is 41.0 Å². The Bertz CT molecular complexity index is 1050. The highest BCUT2D eigenvalue weighted by atomic mass is 35.5. The van der Waals surface area contributed by atoms with Crippen molar-refractivity contribution in [1.82, 2.24) is 20.0 Å². The SMILES string of the molecule is O=C1c2ccc(F)cc2CCC2CCC(c3nc(-c4cc(Cl)c[nH]4)no3)CN12. The predicted molar refractivity (Wildman–Crippen MR) is 101 cm³/mol. The van der Waals surface area contributed by atoms with Crippen molar-refractivity contribution in [2.45, 2.75) is 37.6 Å². The first-order chi connectivity index (χ1) is 13.6. The Kier molecular flexibility index (Phi) is 4.19. The van der Waals surface area contributed by atoms with E-state index in [-0.39, 0.29) is 23.7 Å². The second-order valence-electron chi connectivity index (χ2n) is 7.41. The third-order valence-electron chi connectivity index (χ3n) is 5.69. The number of aromatic amines is 1. The molecule has 5 rings (SSSR count). The molecule has 6 nitrogen and oxygen atoms in total. The Hall–Kier alpha value is -2.67. The number of hydrogen-bond acceptors (Lipinski definition) is 4. The van der Waals surface area contributed by atoms with Crippen LogP contribution in [0.3, 0.4) is 0 Å². The second-order valence-corrected chi connectivity index (χ2v) is 7.85. The number of amides is 1. The number of nitrogens with zero attached hydrogens (tertiary/aromatic N) is 3. The minimum atomic E-state index is -0.299. The van der Waals surface area contributed by atoms with Gasteiger partial charge in [-0.05, 0) is 55.5 Å². The van der Waals surface area contributed by atoms with Crippen molar-refractivity contribution in [2.75, 3.05) is 6.54 Å². The molecule has 144 valence electrons. The zero-order valence-electron chi connectivity index (χ0n) is 15.0. The summed E-state index contributed by atoms with van der Waals surface area (Å²) < 4.78 is 19.1. The maximum atomic E-state index is 13.6. The third kappa shape index (κ3) is 2.99. The maximum Gasteiger partial charge on any atom is 0.254 e. The monoisotopic (exact) mass is 400 g/mol. The van der Waals surface area contributed by atoms with E-state index < -0.39 is 0 Å². The summed E-state index contributed by atoms with van der Waals surface area (Å²) in [6, 6.07) is 6.32. The molecule has 2 aliphatic rings. The van der Waals surface area contributed by atoms with Crippen LogP contribution >= 0.6 is 11.6 Å². The van der Waals surface area contributed by atoms with Crippen molar-refractivity contribution in [3.8, 4) is 11.5 Å². The van der Waals surface area contributed by atoms with Gasteiger partial charge in [0, 0.05) is 24.3 Å². The first-order valence-corrected chi connectivity index (χ1v) is 9.73. The second kappa shape index (κ2) is 6.74. The number of piperidine rings is 1. The molecule has 28 heavy (non-hydrogen) atoms. The molecular formula is C20H18ClFN4O2. The number of benzene rings is 1. The van der Waals surface area contributed by atoms with Gasteiger partial charge in [-0.15, -0.1) is 0 Å². The summed E-state index contributed by atoms with van der Waals surface area (Å²) in [5.41, 5.74) is 2.08. The summed E-state index contributed by atoms with van der Waals surface area (Å²) in [5.74, 6) is 0.613. The van der Waals surface area contributed by atoms with E-state index in [2.05, 4.69) is 15.1 Å². The van der Waals surface area contributed by atoms with Crippen LogP contribution in [-0.4, -0.2) is 38.5 Å². The van der Waals surface area contributed by atoms with Crippen LogP contribution in [0.15, 0.2) is 35.0 Å². The maximum absolute atomic E-state index is 13.6. The summed E-state index contributed by atoms with van der Waals surface area (Å²) in [6.45, 7) is 0.521. The third-order valence-corrected chi connectivity index (χ3v) is 5.91. The molecule has 0 aliphatic carbocycles. The number of halogens is 2. The lowest BCUT2D eigenvalue weighted by atomic mass is 9.90. The minimum absolute atomic E-state index is 0.0196. The number of carbonyl (C=O) groups excluding carboxylic acids is 1. The normalized spacial score (nSPS) is 21.9. The van der Waals surface area contributed by atoms with Crippen molar-refractivity contribution < 1.29 is 13.7 Å². The van der Waals surface area contributed by atoms with Crippen LogP contribution in [0.2, 0.25) is 5.02 Å². The van der Waals surface area contributed by atoms with Gasteiger partial charge < -0.3 is 14.4 Å². The molecule has 1 fully saturated rings. The largest absolute Gasteiger partial charge is 0.357 e. The van der Waals surface area contributed by atoms with Gasteiger partial charge in [-0.1, -0.05) is 16.8 Å². The molecule has 1 aromatic carbocycles. The summed E-state index contributed by atoms with van der Waals surface area (Å²) in [5, 5.41) is 4.62. The molecule has 0 bridgehead atoms. The molecule has 8 heteroatoms. The fourth-order valence-electron chi connectivity index (χ4n) is 4.24. The Balaban J connectivity index is 1.40. The summed E-state index contributed by atoms with van der Waals surface area (Å²) in [4.78, 5) is 22.5. The van der Waals surface area contributed by atoms with Gasteiger partial charge in [-0.2, -0.15) is 4.98 Å². The molecule has 3 aromatic rings.